The second-order valence-corrected chi connectivity index (χ2v) is 12.4. The number of aromatic nitrogens is 5. The summed E-state index contributed by atoms with van der Waals surface area (Å²) >= 11 is 0. The predicted molar refractivity (Wildman–Crippen MR) is 201 cm³/mol. The number of nitrogens with zero attached hydrogens (tertiary/aromatic N) is 5. The van der Waals surface area contributed by atoms with E-state index in [4.69, 9.17) is 10.2 Å². The van der Waals surface area contributed by atoms with Gasteiger partial charge in [-0.05, 0) is 84.9 Å². The van der Waals surface area contributed by atoms with E-state index in [9.17, 15) is 0 Å². The van der Waals surface area contributed by atoms with Gasteiger partial charge in [-0.3, -0.25) is 4.57 Å². The van der Waals surface area contributed by atoms with E-state index in [1.807, 2.05) is 6.07 Å². The van der Waals surface area contributed by atoms with Gasteiger partial charge in [0.1, 0.15) is 0 Å². The first-order valence-corrected chi connectivity index (χ1v) is 16.5. The first-order valence-electron chi connectivity index (χ1n) is 16.5. The SMILES string of the molecule is c1ccc(-n2c(-c3ccc(-n4c5ccccc5c5ccccc54)cc3)nnc2-c2ccc(-n3c4ccccc4c4ccccc43)cc2)cc1. The molecule has 0 aliphatic rings. The van der Waals surface area contributed by atoms with E-state index in [1.54, 1.807) is 0 Å². The minimum atomic E-state index is 0.793. The molecule has 0 unspecified atom stereocenters. The highest BCUT2D eigenvalue weighted by Gasteiger charge is 2.19. The molecule has 0 amide bonds. The highest BCUT2D eigenvalue weighted by Crippen LogP contribution is 2.35. The molecule has 0 aliphatic heterocycles. The van der Waals surface area contributed by atoms with Crippen molar-refractivity contribution in [2.45, 2.75) is 0 Å². The summed E-state index contributed by atoms with van der Waals surface area (Å²) in [5.74, 6) is 1.59. The molecule has 0 atom stereocenters. The molecule has 10 aromatic rings. The Morgan fingerprint density at radius 3 is 0.939 bits per heavy atom. The zero-order valence-electron chi connectivity index (χ0n) is 26.5. The Morgan fingerprint density at radius 1 is 0.265 bits per heavy atom. The largest absolute Gasteiger partial charge is 0.309 e. The maximum atomic E-state index is 4.79. The second kappa shape index (κ2) is 10.9. The van der Waals surface area contributed by atoms with Crippen LogP contribution < -0.4 is 0 Å². The van der Waals surface area contributed by atoms with Gasteiger partial charge in [0.05, 0.1) is 22.1 Å². The van der Waals surface area contributed by atoms with Crippen molar-refractivity contribution in [2.24, 2.45) is 0 Å². The Kier molecular flexibility index (Phi) is 6.11. The van der Waals surface area contributed by atoms with Crippen molar-refractivity contribution in [2.75, 3.05) is 0 Å². The van der Waals surface area contributed by atoms with Gasteiger partial charge < -0.3 is 9.13 Å². The van der Waals surface area contributed by atoms with Gasteiger partial charge in [-0.15, -0.1) is 10.2 Å². The molecule has 0 aliphatic carbocycles. The zero-order chi connectivity index (χ0) is 32.3. The highest BCUT2D eigenvalue weighted by molar-refractivity contribution is 6.10. The van der Waals surface area contributed by atoms with Crippen LogP contribution >= 0.6 is 0 Å². The van der Waals surface area contributed by atoms with E-state index in [-0.39, 0.29) is 0 Å². The van der Waals surface area contributed by atoms with Crippen molar-refractivity contribution in [3.8, 4) is 39.8 Å². The topological polar surface area (TPSA) is 40.6 Å². The van der Waals surface area contributed by atoms with Crippen molar-refractivity contribution in [1.29, 1.82) is 0 Å². The van der Waals surface area contributed by atoms with Crippen LogP contribution in [0.15, 0.2) is 176 Å². The van der Waals surface area contributed by atoms with Gasteiger partial charge in [0.15, 0.2) is 11.6 Å². The summed E-state index contributed by atoms with van der Waals surface area (Å²) in [6, 6.07) is 62.0. The fraction of sp³-hybridized carbons (Fsp3) is 0. The molecule has 5 heteroatoms. The van der Waals surface area contributed by atoms with E-state index in [1.165, 1.54) is 43.6 Å². The lowest BCUT2D eigenvalue weighted by molar-refractivity contribution is 1.07. The maximum absolute atomic E-state index is 4.79. The predicted octanol–water partition coefficient (Wildman–Crippen LogP) is 10.8. The van der Waals surface area contributed by atoms with E-state index in [2.05, 4.69) is 184 Å². The van der Waals surface area contributed by atoms with Crippen molar-refractivity contribution >= 4 is 43.6 Å². The van der Waals surface area contributed by atoms with Crippen LogP contribution in [-0.2, 0) is 0 Å². The molecule has 10 rings (SSSR count). The molecule has 5 nitrogen and oxygen atoms in total. The molecule has 7 aromatic carbocycles. The lowest BCUT2D eigenvalue weighted by Crippen LogP contribution is -2.01. The van der Waals surface area contributed by atoms with Crippen LogP contribution in [0, 0.1) is 0 Å². The number of benzene rings is 7. The van der Waals surface area contributed by atoms with Gasteiger partial charge in [-0.2, -0.15) is 0 Å². The Balaban J connectivity index is 1.08. The second-order valence-electron chi connectivity index (χ2n) is 12.4. The van der Waals surface area contributed by atoms with Gasteiger partial charge >= 0.3 is 0 Å². The third-order valence-electron chi connectivity index (χ3n) is 9.61. The number of para-hydroxylation sites is 5. The third kappa shape index (κ3) is 4.26. The normalized spacial score (nSPS) is 11.7. The first kappa shape index (κ1) is 27.4. The van der Waals surface area contributed by atoms with Gasteiger partial charge in [0, 0.05) is 49.7 Å². The molecule has 0 fully saturated rings. The first-order chi connectivity index (χ1) is 24.3. The van der Waals surface area contributed by atoms with E-state index in [0.717, 1.165) is 39.8 Å². The molecule has 230 valence electrons. The van der Waals surface area contributed by atoms with Crippen molar-refractivity contribution in [3.05, 3.63) is 176 Å². The molecular formula is C44H29N5. The molecule has 3 aromatic heterocycles. The van der Waals surface area contributed by atoms with Gasteiger partial charge in [-0.1, -0.05) is 91.0 Å². The Labute approximate surface area is 282 Å². The summed E-state index contributed by atoms with van der Waals surface area (Å²) in [4.78, 5) is 0. The van der Waals surface area contributed by atoms with Crippen LogP contribution in [0.25, 0.3) is 83.4 Å². The Morgan fingerprint density at radius 2 is 0.571 bits per heavy atom. The standard InChI is InChI=1S/C44H29N5/c1-2-12-32(13-3-1)49-43(30-22-26-33(27-23-30)47-39-18-8-4-14-35(39)36-15-5-9-19-40(36)47)45-46-44(49)31-24-28-34(29-25-31)48-41-20-10-6-16-37(41)38-17-7-11-21-42(38)48/h1-29H. The lowest BCUT2D eigenvalue weighted by atomic mass is 10.1. The van der Waals surface area contributed by atoms with Gasteiger partial charge in [0.25, 0.3) is 0 Å². The summed E-state index contributed by atoms with van der Waals surface area (Å²) in [6.07, 6.45) is 0. The minimum absolute atomic E-state index is 0.793. The molecule has 3 heterocycles. The molecule has 49 heavy (non-hydrogen) atoms. The number of hydrogen-bond acceptors (Lipinski definition) is 2. The quantitative estimate of drug-likeness (QED) is 0.190. The summed E-state index contributed by atoms with van der Waals surface area (Å²) in [7, 11) is 0. The average molecular weight is 628 g/mol. The minimum Gasteiger partial charge on any atom is -0.309 e. The zero-order valence-corrected chi connectivity index (χ0v) is 26.5. The van der Waals surface area contributed by atoms with E-state index < -0.39 is 0 Å². The number of rotatable bonds is 5. The smallest absolute Gasteiger partial charge is 0.168 e. The van der Waals surface area contributed by atoms with Crippen molar-refractivity contribution in [1.82, 2.24) is 23.9 Å². The monoisotopic (exact) mass is 627 g/mol. The highest BCUT2D eigenvalue weighted by atomic mass is 15.3. The number of hydrogen-bond donors (Lipinski definition) is 0. The fourth-order valence-electron chi connectivity index (χ4n) is 7.40. The van der Waals surface area contributed by atoms with Gasteiger partial charge in [0.2, 0.25) is 0 Å². The summed E-state index contributed by atoms with van der Waals surface area (Å²) in [6.45, 7) is 0. The number of fused-ring (bicyclic) bond motifs is 6. The fourth-order valence-corrected chi connectivity index (χ4v) is 7.40. The molecule has 0 radical (unpaired) electrons. The van der Waals surface area contributed by atoms with Crippen LogP contribution in [0.5, 0.6) is 0 Å². The van der Waals surface area contributed by atoms with E-state index >= 15 is 0 Å². The Hall–Kier alpha value is -6.72. The molecule has 0 bridgehead atoms. The average Bonchev–Trinajstić information content (AvgIpc) is 3.86. The van der Waals surface area contributed by atoms with Crippen molar-refractivity contribution < 1.29 is 0 Å². The summed E-state index contributed by atoms with van der Waals surface area (Å²) < 4.78 is 6.83. The molecule has 0 spiro atoms. The molecule has 0 saturated heterocycles. The van der Waals surface area contributed by atoms with Crippen LogP contribution in [-0.4, -0.2) is 23.9 Å². The third-order valence-corrected chi connectivity index (χ3v) is 9.61. The Bertz CT molecular complexity index is 2520. The van der Waals surface area contributed by atoms with Crippen LogP contribution in [0.4, 0.5) is 0 Å². The molecule has 0 saturated carbocycles. The van der Waals surface area contributed by atoms with Gasteiger partial charge in [-0.25, -0.2) is 0 Å². The lowest BCUT2D eigenvalue weighted by Gasteiger charge is -2.13. The molecule has 0 N–H and O–H groups in total. The van der Waals surface area contributed by atoms with Crippen LogP contribution in [0.3, 0.4) is 0 Å². The summed E-state index contributed by atoms with van der Waals surface area (Å²) in [5, 5.41) is 14.6. The van der Waals surface area contributed by atoms with Crippen LogP contribution in [0.2, 0.25) is 0 Å². The van der Waals surface area contributed by atoms with E-state index in [0.29, 0.717) is 0 Å². The van der Waals surface area contributed by atoms with Crippen LogP contribution in [0.1, 0.15) is 0 Å². The van der Waals surface area contributed by atoms with Crippen molar-refractivity contribution in [3.63, 3.8) is 0 Å². The summed E-state index contributed by atoms with van der Waals surface area (Å²) in [5.41, 5.74) is 9.97. The molecular weight excluding hydrogens is 599 g/mol. The maximum Gasteiger partial charge on any atom is 0.168 e.